The zero-order chi connectivity index (χ0) is 15.8. The molecule has 21 heavy (non-hydrogen) atoms. The van der Waals surface area contributed by atoms with E-state index in [1.165, 1.54) is 0 Å². The van der Waals surface area contributed by atoms with Gasteiger partial charge in [0.2, 0.25) is 10.0 Å². The van der Waals surface area contributed by atoms with Crippen molar-refractivity contribution >= 4 is 10.0 Å². The summed E-state index contributed by atoms with van der Waals surface area (Å²) in [6.45, 7) is 9.06. The van der Waals surface area contributed by atoms with Gasteiger partial charge in [-0.1, -0.05) is 13.8 Å². The molecular weight excluding hydrogens is 288 g/mol. The summed E-state index contributed by atoms with van der Waals surface area (Å²) in [7, 11) is -1.69. The lowest BCUT2D eigenvalue weighted by molar-refractivity contribution is 0.157. The minimum atomic E-state index is -3.49. The number of piperidine rings is 1. The molecule has 0 saturated carbocycles. The van der Waals surface area contributed by atoms with E-state index in [0.29, 0.717) is 41.3 Å². The molecule has 0 spiro atoms. The molecule has 2 heterocycles. The summed E-state index contributed by atoms with van der Waals surface area (Å²) >= 11 is 0. The highest BCUT2D eigenvalue weighted by atomic mass is 32.2. The van der Waals surface area contributed by atoms with Crippen LogP contribution in [-0.4, -0.2) is 32.4 Å². The van der Waals surface area contributed by atoms with Gasteiger partial charge in [0.1, 0.15) is 16.4 Å². The Morgan fingerprint density at radius 1 is 1.38 bits per heavy atom. The van der Waals surface area contributed by atoms with Gasteiger partial charge < -0.3 is 9.73 Å². The van der Waals surface area contributed by atoms with Crippen LogP contribution in [-0.2, 0) is 16.6 Å². The number of hydrogen-bond donors (Lipinski definition) is 1. The van der Waals surface area contributed by atoms with Gasteiger partial charge in [0.15, 0.2) is 0 Å². The van der Waals surface area contributed by atoms with Crippen molar-refractivity contribution in [2.45, 2.75) is 51.6 Å². The molecule has 1 fully saturated rings. The first-order valence-electron chi connectivity index (χ1n) is 7.53. The number of nitrogens with zero attached hydrogens (tertiary/aromatic N) is 1. The van der Waals surface area contributed by atoms with Crippen molar-refractivity contribution < 1.29 is 12.8 Å². The molecule has 3 atom stereocenters. The number of furan rings is 1. The Balaban J connectivity index is 2.36. The molecule has 5 nitrogen and oxygen atoms in total. The number of rotatable bonds is 4. The lowest BCUT2D eigenvalue weighted by atomic mass is 9.88. The second-order valence-corrected chi connectivity index (χ2v) is 8.16. The zero-order valence-electron chi connectivity index (χ0n) is 13.5. The van der Waals surface area contributed by atoms with Gasteiger partial charge in [-0.25, -0.2) is 8.42 Å². The number of nitrogens with one attached hydrogen (secondary N) is 1. The Morgan fingerprint density at radius 2 is 2.05 bits per heavy atom. The highest BCUT2D eigenvalue weighted by Crippen LogP contribution is 2.33. The van der Waals surface area contributed by atoms with Crippen LogP contribution in [0.15, 0.2) is 15.4 Å². The standard InChI is InChI=1S/C15H26N2O3S/c1-10-6-11(2)12(3)17(9-10)21(18,19)15-7-14(8-16-5)20-13(15)4/h7,10-12,16H,6,8-9H2,1-5H3. The molecule has 120 valence electrons. The molecule has 0 aliphatic carbocycles. The van der Waals surface area contributed by atoms with E-state index in [-0.39, 0.29) is 6.04 Å². The van der Waals surface area contributed by atoms with Crippen molar-refractivity contribution in [1.29, 1.82) is 0 Å². The molecule has 3 unspecified atom stereocenters. The average molecular weight is 314 g/mol. The zero-order valence-corrected chi connectivity index (χ0v) is 14.3. The van der Waals surface area contributed by atoms with Gasteiger partial charge >= 0.3 is 0 Å². The topological polar surface area (TPSA) is 62.6 Å². The predicted octanol–water partition coefficient (Wildman–Crippen LogP) is 2.36. The van der Waals surface area contributed by atoms with E-state index in [2.05, 4.69) is 19.2 Å². The van der Waals surface area contributed by atoms with Crippen molar-refractivity contribution in [3.8, 4) is 0 Å². The second-order valence-electron chi connectivity index (χ2n) is 6.30. The predicted molar refractivity (Wildman–Crippen MR) is 82.5 cm³/mol. The molecule has 1 aliphatic rings. The summed E-state index contributed by atoms with van der Waals surface area (Å²) in [6, 6.07) is 1.67. The van der Waals surface area contributed by atoms with Crippen molar-refractivity contribution in [2.75, 3.05) is 13.6 Å². The smallest absolute Gasteiger partial charge is 0.246 e. The third-order valence-electron chi connectivity index (χ3n) is 4.40. The Hall–Kier alpha value is -0.850. The molecule has 0 radical (unpaired) electrons. The van der Waals surface area contributed by atoms with E-state index in [1.807, 2.05) is 14.0 Å². The van der Waals surface area contributed by atoms with Crippen LogP contribution < -0.4 is 5.32 Å². The largest absolute Gasteiger partial charge is 0.464 e. The summed E-state index contributed by atoms with van der Waals surface area (Å²) in [5.74, 6) is 1.88. The van der Waals surface area contributed by atoms with Gasteiger partial charge in [0, 0.05) is 18.7 Å². The summed E-state index contributed by atoms with van der Waals surface area (Å²) in [5, 5.41) is 2.98. The summed E-state index contributed by atoms with van der Waals surface area (Å²) in [4.78, 5) is 0.306. The molecule has 0 aromatic carbocycles. The first-order chi connectivity index (χ1) is 9.77. The molecule has 1 saturated heterocycles. The van der Waals surface area contributed by atoms with Crippen molar-refractivity contribution in [2.24, 2.45) is 11.8 Å². The van der Waals surface area contributed by atoms with E-state index >= 15 is 0 Å². The first kappa shape index (κ1) is 16.5. The molecule has 1 aromatic heterocycles. The van der Waals surface area contributed by atoms with Crippen LogP contribution in [0.4, 0.5) is 0 Å². The molecule has 1 N–H and O–H groups in total. The minimum Gasteiger partial charge on any atom is -0.464 e. The normalized spacial score (nSPS) is 28.0. The number of sulfonamides is 1. The molecular formula is C15H26N2O3S. The third kappa shape index (κ3) is 3.17. The van der Waals surface area contributed by atoms with Crippen molar-refractivity contribution in [1.82, 2.24) is 9.62 Å². The fraction of sp³-hybridized carbons (Fsp3) is 0.733. The lowest BCUT2D eigenvalue weighted by Gasteiger charge is -2.39. The maximum absolute atomic E-state index is 13.0. The molecule has 2 rings (SSSR count). The van der Waals surface area contributed by atoms with Gasteiger partial charge in [0.25, 0.3) is 0 Å². The van der Waals surface area contributed by atoms with Crippen LogP contribution in [0.1, 0.15) is 38.7 Å². The molecule has 0 amide bonds. The Bertz CT molecular complexity index is 594. The van der Waals surface area contributed by atoms with Crippen LogP contribution in [0, 0.1) is 18.8 Å². The van der Waals surface area contributed by atoms with Gasteiger partial charge in [-0.15, -0.1) is 0 Å². The van der Waals surface area contributed by atoms with E-state index < -0.39 is 10.0 Å². The highest BCUT2D eigenvalue weighted by molar-refractivity contribution is 7.89. The van der Waals surface area contributed by atoms with Gasteiger partial charge in [-0.2, -0.15) is 4.31 Å². The van der Waals surface area contributed by atoms with Crippen molar-refractivity contribution in [3.63, 3.8) is 0 Å². The molecule has 1 aliphatic heterocycles. The van der Waals surface area contributed by atoms with Crippen molar-refractivity contribution in [3.05, 3.63) is 17.6 Å². The third-order valence-corrected chi connectivity index (χ3v) is 6.46. The van der Waals surface area contributed by atoms with E-state index in [4.69, 9.17) is 4.42 Å². The quantitative estimate of drug-likeness (QED) is 0.927. The summed E-state index contributed by atoms with van der Waals surface area (Å²) in [6.07, 6.45) is 1.07. The molecule has 1 aromatic rings. The average Bonchev–Trinajstić information content (AvgIpc) is 2.76. The van der Waals surface area contributed by atoms with E-state index in [0.717, 1.165) is 6.42 Å². The van der Waals surface area contributed by atoms with E-state index in [1.54, 1.807) is 17.3 Å². The summed E-state index contributed by atoms with van der Waals surface area (Å²) in [5.41, 5.74) is 0. The second kappa shape index (κ2) is 6.10. The number of aryl methyl sites for hydroxylation is 1. The van der Waals surface area contributed by atoms with Crippen LogP contribution in [0.3, 0.4) is 0 Å². The Morgan fingerprint density at radius 3 is 2.67 bits per heavy atom. The Kier molecular flexibility index (Phi) is 4.80. The van der Waals surface area contributed by atoms with Gasteiger partial charge in [-0.05, 0) is 39.2 Å². The van der Waals surface area contributed by atoms with E-state index in [9.17, 15) is 8.42 Å². The number of hydrogen-bond acceptors (Lipinski definition) is 4. The summed E-state index contributed by atoms with van der Waals surface area (Å²) < 4.78 is 33.1. The van der Waals surface area contributed by atoms with Crippen LogP contribution >= 0.6 is 0 Å². The van der Waals surface area contributed by atoms with Crippen LogP contribution in [0.2, 0.25) is 0 Å². The first-order valence-corrected chi connectivity index (χ1v) is 8.97. The fourth-order valence-electron chi connectivity index (χ4n) is 3.15. The van der Waals surface area contributed by atoms with Gasteiger partial charge in [-0.3, -0.25) is 0 Å². The van der Waals surface area contributed by atoms with Crippen LogP contribution in [0.25, 0.3) is 0 Å². The fourth-order valence-corrected chi connectivity index (χ4v) is 5.18. The Labute approximate surface area is 127 Å². The molecule has 6 heteroatoms. The van der Waals surface area contributed by atoms with Gasteiger partial charge in [0.05, 0.1) is 6.54 Å². The lowest BCUT2D eigenvalue weighted by Crippen LogP contribution is -2.48. The van der Waals surface area contributed by atoms with Crippen LogP contribution in [0.5, 0.6) is 0 Å². The monoisotopic (exact) mass is 314 g/mol. The molecule has 0 bridgehead atoms. The maximum atomic E-state index is 13.0. The maximum Gasteiger partial charge on any atom is 0.246 e. The minimum absolute atomic E-state index is 0.0215. The highest BCUT2D eigenvalue weighted by Gasteiger charge is 2.38. The SMILES string of the molecule is CNCc1cc(S(=O)(=O)N2CC(C)CC(C)C2C)c(C)o1.